The molecule has 8 heteroatoms. The van der Waals surface area contributed by atoms with Crippen LogP contribution in [0.5, 0.6) is 0 Å². The number of hydrogen-bond donors (Lipinski definition) is 3. The molecule has 1 heterocycles. The lowest BCUT2D eigenvalue weighted by atomic mass is 10.1. The first-order valence-corrected chi connectivity index (χ1v) is 8.99. The lowest BCUT2D eigenvalue weighted by Gasteiger charge is -2.34. The number of amides is 3. The fourth-order valence-corrected chi connectivity index (χ4v) is 2.99. The van der Waals surface area contributed by atoms with Gasteiger partial charge in [-0.2, -0.15) is 0 Å². The van der Waals surface area contributed by atoms with Gasteiger partial charge in [0.05, 0.1) is 11.3 Å². The van der Waals surface area contributed by atoms with Crippen molar-refractivity contribution >= 4 is 34.8 Å². The fraction of sp³-hybridized carbons (Fsp3) is 0.250. The van der Waals surface area contributed by atoms with E-state index in [1.54, 1.807) is 24.3 Å². The minimum atomic E-state index is -0.878. The minimum Gasteiger partial charge on any atom is -0.369 e. The average Bonchev–Trinajstić information content (AvgIpc) is 2.69. The number of primary amides is 1. The van der Waals surface area contributed by atoms with Gasteiger partial charge in [-0.1, -0.05) is 12.1 Å². The summed E-state index contributed by atoms with van der Waals surface area (Å²) in [7, 11) is 2.10. The van der Waals surface area contributed by atoms with Gasteiger partial charge in [0.1, 0.15) is 0 Å². The van der Waals surface area contributed by atoms with Crippen LogP contribution in [0.2, 0.25) is 0 Å². The van der Waals surface area contributed by atoms with Crippen LogP contribution in [0.3, 0.4) is 0 Å². The molecule has 2 aromatic rings. The number of carbonyl (C=O) groups is 3. The molecule has 0 spiro atoms. The van der Waals surface area contributed by atoms with Crippen LogP contribution in [0.1, 0.15) is 10.4 Å². The molecule has 28 heavy (non-hydrogen) atoms. The number of nitrogens with two attached hydrogens (primary N) is 1. The van der Waals surface area contributed by atoms with E-state index in [9.17, 15) is 14.4 Å². The maximum atomic E-state index is 12.2. The molecule has 0 aliphatic carbocycles. The second kappa shape index (κ2) is 8.53. The molecule has 1 aliphatic heterocycles. The van der Waals surface area contributed by atoms with Gasteiger partial charge in [0.15, 0.2) is 0 Å². The molecule has 4 N–H and O–H groups in total. The first-order valence-electron chi connectivity index (χ1n) is 8.99. The zero-order valence-corrected chi connectivity index (χ0v) is 15.6. The largest absolute Gasteiger partial charge is 0.369 e. The number of benzene rings is 2. The van der Waals surface area contributed by atoms with Crippen molar-refractivity contribution in [3.8, 4) is 0 Å². The molecule has 0 bridgehead atoms. The van der Waals surface area contributed by atoms with Gasteiger partial charge in [0.25, 0.3) is 5.91 Å². The highest BCUT2D eigenvalue weighted by Crippen LogP contribution is 2.19. The van der Waals surface area contributed by atoms with Crippen LogP contribution in [0.25, 0.3) is 0 Å². The van der Waals surface area contributed by atoms with E-state index >= 15 is 0 Å². The van der Waals surface area contributed by atoms with Gasteiger partial charge in [0, 0.05) is 37.6 Å². The zero-order chi connectivity index (χ0) is 20.1. The Balaban J connectivity index is 1.60. The number of para-hydroxylation sites is 1. The summed E-state index contributed by atoms with van der Waals surface area (Å²) in [6.07, 6.45) is 0. The number of rotatable bonds is 4. The summed E-state index contributed by atoms with van der Waals surface area (Å²) in [5.41, 5.74) is 7.20. The van der Waals surface area contributed by atoms with Gasteiger partial charge < -0.3 is 26.2 Å². The molecule has 3 rings (SSSR count). The van der Waals surface area contributed by atoms with Crippen LogP contribution in [0, 0.1) is 0 Å². The average molecular weight is 381 g/mol. The molecule has 2 aromatic carbocycles. The van der Waals surface area contributed by atoms with E-state index in [0.29, 0.717) is 5.69 Å². The summed E-state index contributed by atoms with van der Waals surface area (Å²) in [5, 5.41) is 4.97. The molecule has 3 amide bonds. The standard InChI is InChI=1S/C20H23N5O3/c1-24-10-12-25(13-11-24)15-8-6-14(7-9-15)22-19(27)20(28)23-17-5-3-2-4-16(17)18(21)26/h2-9H,10-13H2,1H3,(H2,21,26)(H,22,27)(H,23,28). The van der Waals surface area contributed by atoms with E-state index in [0.717, 1.165) is 31.9 Å². The van der Waals surface area contributed by atoms with Crippen molar-refractivity contribution in [2.75, 3.05) is 48.8 Å². The molecule has 0 atom stereocenters. The maximum absolute atomic E-state index is 12.2. The number of hydrogen-bond acceptors (Lipinski definition) is 5. The van der Waals surface area contributed by atoms with Crippen LogP contribution in [-0.4, -0.2) is 55.8 Å². The van der Waals surface area contributed by atoms with Crippen molar-refractivity contribution in [1.29, 1.82) is 0 Å². The number of anilines is 3. The molecule has 0 radical (unpaired) electrons. The molecular formula is C20H23N5O3. The summed E-state index contributed by atoms with van der Waals surface area (Å²) < 4.78 is 0. The third kappa shape index (κ3) is 4.66. The highest BCUT2D eigenvalue weighted by molar-refractivity contribution is 6.44. The van der Waals surface area contributed by atoms with E-state index in [4.69, 9.17) is 5.73 Å². The first kappa shape index (κ1) is 19.4. The molecule has 1 fully saturated rings. The number of likely N-dealkylation sites (N-methyl/N-ethyl adjacent to an activating group) is 1. The normalized spacial score (nSPS) is 14.4. The summed E-state index contributed by atoms with van der Waals surface area (Å²) in [4.78, 5) is 40.3. The van der Waals surface area contributed by atoms with Crippen molar-refractivity contribution in [3.05, 3.63) is 54.1 Å². The zero-order valence-electron chi connectivity index (χ0n) is 15.6. The van der Waals surface area contributed by atoms with E-state index in [-0.39, 0.29) is 11.3 Å². The summed E-state index contributed by atoms with van der Waals surface area (Å²) >= 11 is 0. The highest BCUT2D eigenvalue weighted by Gasteiger charge is 2.18. The van der Waals surface area contributed by atoms with Crippen molar-refractivity contribution in [2.24, 2.45) is 5.73 Å². The Kier molecular flexibility index (Phi) is 5.90. The van der Waals surface area contributed by atoms with Crippen molar-refractivity contribution in [2.45, 2.75) is 0 Å². The second-order valence-corrected chi connectivity index (χ2v) is 6.66. The predicted octanol–water partition coefficient (Wildman–Crippen LogP) is 1.11. The maximum Gasteiger partial charge on any atom is 0.314 e. The SMILES string of the molecule is CN1CCN(c2ccc(NC(=O)C(=O)Nc3ccccc3C(N)=O)cc2)CC1. The van der Waals surface area contributed by atoms with Crippen LogP contribution in [0.15, 0.2) is 48.5 Å². The molecule has 0 saturated carbocycles. The van der Waals surface area contributed by atoms with E-state index < -0.39 is 17.7 Å². The smallest absolute Gasteiger partial charge is 0.314 e. The van der Waals surface area contributed by atoms with E-state index in [1.165, 1.54) is 12.1 Å². The minimum absolute atomic E-state index is 0.139. The predicted molar refractivity (Wildman–Crippen MR) is 108 cm³/mol. The van der Waals surface area contributed by atoms with E-state index in [2.05, 4.69) is 27.5 Å². The number of piperazine rings is 1. The molecule has 8 nitrogen and oxygen atoms in total. The van der Waals surface area contributed by atoms with Gasteiger partial charge in [-0.25, -0.2) is 0 Å². The molecule has 1 aliphatic rings. The molecule has 0 unspecified atom stereocenters. The monoisotopic (exact) mass is 381 g/mol. The lowest BCUT2D eigenvalue weighted by molar-refractivity contribution is -0.133. The van der Waals surface area contributed by atoms with Crippen LogP contribution in [0.4, 0.5) is 17.1 Å². The van der Waals surface area contributed by atoms with Gasteiger partial charge in [0.2, 0.25) is 0 Å². The molecule has 0 aromatic heterocycles. The van der Waals surface area contributed by atoms with Crippen LogP contribution < -0.4 is 21.3 Å². The van der Waals surface area contributed by atoms with Crippen molar-refractivity contribution in [3.63, 3.8) is 0 Å². The van der Waals surface area contributed by atoms with Crippen LogP contribution >= 0.6 is 0 Å². The van der Waals surface area contributed by atoms with Gasteiger partial charge >= 0.3 is 11.8 Å². The summed E-state index contributed by atoms with van der Waals surface area (Å²) in [6, 6.07) is 13.6. The molecular weight excluding hydrogens is 358 g/mol. The topological polar surface area (TPSA) is 108 Å². The Morgan fingerprint density at radius 2 is 1.46 bits per heavy atom. The van der Waals surface area contributed by atoms with Crippen molar-refractivity contribution in [1.82, 2.24) is 4.90 Å². The lowest BCUT2D eigenvalue weighted by Crippen LogP contribution is -2.44. The Labute approximate surface area is 163 Å². The number of nitrogens with one attached hydrogen (secondary N) is 2. The third-order valence-electron chi connectivity index (χ3n) is 4.64. The van der Waals surface area contributed by atoms with Gasteiger partial charge in [-0.05, 0) is 43.4 Å². The summed E-state index contributed by atoms with van der Waals surface area (Å²) in [6.45, 7) is 3.91. The quantitative estimate of drug-likeness (QED) is 0.688. The first-order chi connectivity index (χ1) is 13.4. The number of nitrogens with zero attached hydrogens (tertiary/aromatic N) is 2. The van der Waals surface area contributed by atoms with E-state index in [1.807, 2.05) is 12.1 Å². The second-order valence-electron chi connectivity index (χ2n) is 6.66. The Hall–Kier alpha value is -3.39. The molecule has 1 saturated heterocycles. The van der Waals surface area contributed by atoms with Gasteiger partial charge in [-0.15, -0.1) is 0 Å². The third-order valence-corrected chi connectivity index (χ3v) is 4.64. The Morgan fingerprint density at radius 1 is 0.857 bits per heavy atom. The molecule has 146 valence electrons. The highest BCUT2D eigenvalue weighted by atomic mass is 16.2. The van der Waals surface area contributed by atoms with Crippen LogP contribution in [-0.2, 0) is 9.59 Å². The Bertz CT molecular complexity index is 874. The fourth-order valence-electron chi connectivity index (χ4n) is 2.99. The number of carbonyl (C=O) groups excluding carboxylic acids is 3. The summed E-state index contributed by atoms with van der Waals surface area (Å²) in [5.74, 6) is -2.39. The van der Waals surface area contributed by atoms with Crippen molar-refractivity contribution < 1.29 is 14.4 Å². The Morgan fingerprint density at radius 3 is 2.11 bits per heavy atom. The van der Waals surface area contributed by atoms with Gasteiger partial charge in [-0.3, -0.25) is 14.4 Å².